The Kier molecular flexibility index (Phi) is 8.57. The average Bonchev–Trinajstić information content (AvgIpc) is 2.40. The van der Waals surface area contributed by atoms with Crippen LogP contribution in [0.4, 0.5) is 0 Å². The van der Waals surface area contributed by atoms with E-state index in [1.165, 1.54) is 0 Å². The highest BCUT2D eigenvalue weighted by molar-refractivity contribution is 4.80. The van der Waals surface area contributed by atoms with Crippen LogP contribution in [0.5, 0.6) is 0 Å². The van der Waals surface area contributed by atoms with Crippen molar-refractivity contribution in [2.45, 2.75) is 38.4 Å². The Morgan fingerprint density at radius 1 is 1.26 bits per heavy atom. The summed E-state index contributed by atoms with van der Waals surface area (Å²) in [7, 11) is 3.51. The third kappa shape index (κ3) is 6.19. The summed E-state index contributed by atoms with van der Waals surface area (Å²) in [5.41, 5.74) is 0. The molecule has 1 heterocycles. The molecular formula is C14H30N2O3. The minimum atomic E-state index is 0.402. The first-order valence-electron chi connectivity index (χ1n) is 7.23. The van der Waals surface area contributed by atoms with Crippen LogP contribution in [-0.4, -0.2) is 76.8 Å². The van der Waals surface area contributed by atoms with Gasteiger partial charge in [0.25, 0.3) is 0 Å². The highest BCUT2D eigenvalue weighted by atomic mass is 16.5. The third-order valence-electron chi connectivity index (χ3n) is 3.72. The van der Waals surface area contributed by atoms with E-state index in [0.717, 1.165) is 45.9 Å². The summed E-state index contributed by atoms with van der Waals surface area (Å²) < 4.78 is 16.0. The van der Waals surface area contributed by atoms with Crippen molar-refractivity contribution in [1.82, 2.24) is 10.2 Å². The number of morpholine rings is 1. The van der Waals surface area contributed by atoms with Gasteiger partial charge in [0.15, 0.2) is 0 Å². The van der Waals surface area contributed by atoms with Gasteiger partial charge in [0.05, 0.1) is 26.4 Å². The average molecular weight is 274 g/mol. The van der Waals surface area contributed by atoms with E-state index >= 15 is 0 Å². The second-order valence-corrected chi connectivity index (χ2v) is 5.35. The normalized spacial score (nSPS) is 23.5. The maximum absolute atomic E-state index is 5.52. The van der Waals surface area contributed by atoms with Gasteiger partial charge < -0.3 is 19.5 Å². The van der Waals surface area contributed by atoms with Gasteiger partial charge >= 0.3 is 0 Å². The fraction of sp³-hybridized carbons (Fsp3) is 1.00. The number of nitrogens with one attached hydrogen (secondary N) is 1. The monoisotopic (exact) mass is 274 g/mol. The molecule has 1 aliphatic rings. The predicted molar refractivity (Wildman–Crippen MR) is 76.6 cm³/mol. The Hall–Kier alpha value is -0.200. The van der Waals surface area contributed by atoms with Crippen molar-refractivity contribution < 1.29 is 14.2 Å². The van der Waals surface area contributed by atoms with Crippen LogP contribution in [0.15, 0.2) is 0 Å². The first kappa shape index (κ1) is 16.9. The van der Waals surface area contributed by atoms with Crippen molar-refractivity contribution in [1.29, 1.82) is 0 Å². The first-order chi connectivity index (χ1) is 9.19. The second-order valence-electron chi connectivity index (χ2n) is 5.35. The molecular weight excluding hydrogens is 244 g/mol. The summed E-state index contributed by atoms with van der Waals surface area (Å²) in [6.07, 6.45) is 1.10. The molecule has 1 N–H and O–H groups in total. The van der Waals surface area contributed by atoms with Gasteiger partial charge in [0, 0.05) is 45.4 Å². The molecule has 1 rings (SSSR count). The van der Waals surface area contributed by atoms with Gasteiger partial charge in [0.1, 0.15) is 0 Å². The summed E-state index contributed by atoms with van der Waals surface area (Å²) >= 11 is 0. The minimum absolute atomic E-state index is 0.402. The standard InChI is InChI=1S/C14H30N2O3/c1-12(9-14-11-19-7-5-15-14)16(6-8-17-3)13(2)10-18-4/h12-15H,5-11H2,1-4H3. The van der Waals surface area contributed by atoms with Crippen LogP contribution in [0, 0.1) is 0 Å². The van der Waals surface area contributed by atoms with Crippen molar-refractivity contribution in [3.05, 3.63) is 0 Å². The van der Waals surface area contributed by atoms with Crippen LogP contribution in [0.2, 0.25) is 0 Å². The summed E-state index contributed by atoms with van der Waals surface area (Å²) in [6, 6.07) is 1.35. The zero-order valence-electron chi connectivity index (χ0n) is 12.9. The number of methoxy groups -OCH3 is 2. The molecule has 3 atom stereocenters. The van der Waals surface area contributed by atoms with Gasteiger partial charge in [-0.1, -0.05) is 0 Å². The quantitative estimate of drug-likeness (QED) is 0.672. The molecule has 3 unspecified atom stereocenters. The first-order valence-corrected chi connectivity index (χ1v) is 7.23. The number of nitrogens with zero attached hydrogens (tertiary/aromatic N) is 1. The van der Waals surface area contributed by atoms with Gasteiger partial charge in [-0.3, -0.25) is 4.90 Å². The Balaban J connectivity index is 2.45. The van der Waals surface area contributed by atoms with E-state index in [-0.39, 0.29) is 0 Å². The molecule has 0 bridgehead atoms. The number of hydrogen-bond donors (Lipinski definition) is 1. The molecule has 0 spiro atoms. The van der Waals surface area contributed by atoms with E-state index in [1.807, 2.05) is 0 Å². The van der Waals surface area contributed by atoms with Gasteiger partial charge in [-0.15, -0.1) is 0 Å². The lowest BCUT2D eigenvalue weighted by Crippen LogP contribution is -2.49. The van der Waals surface area contributed by atoms with E-state index in [1.54, 1.807) is 14.2 Å². The zero-order valence-corrected chi connectivity index (χ0v) is 12.9. The highest BCUT2D eigenvalue weighted by Gasteiger charge is 2.24. The molecule has 0 amide bonds. The van der Waals surface area contributed by atoms with E-state index in [4.69, 9.17) is 14.2 Å². The SMILES string of the molecule is COCCN(C(C)COC)C(C)CC1COCCN1. The number of rotatable bonds is 9. The molecule has 1 fully saturated rings. The maximum Gasteiger partial charge on any atom is 0.0620 e. The largest absolute Gasteiger partial charge is 0.383 e. The highest BCUT2D eigenvalue weighted by Crippen LogP contribution is 2.13. The molecule has 0 saturated carbocycles. The minimum Gasteiger partial charge on any atom is -0.383 e. The lowest BCUT2D eigenvalue weighted by Gasteiger charge is -2.36. The van der Waals surface area contributed by atoms with Gasteiger partial charge in [-0.2, -0.15) is 0 Å². The molecule has 5 heteroatoms. The molecule has 0 aromatic heterocycles. The van der Waals surface area contributed by atoms with Crippen molar-refractivity contribution >= 4 is 0 Å². The smallest absolute Gasteiger partial charge is 0.0620 e. The van der Waals surface area contributed by atoms with Crippen LogP contribution in [0.1, 0.15) is 20.3 Å². The molecule has 0 aliphatic carbocycles. The molecule has 0 radical (unpaired) electrons. The number of hydrogen-bond acceptors (Lipinski definition) is 5. The van der Waals surface area contributed by atoms with Gasteiger partial charge in [-0.05, 0) is 20.3 Å². The van der Waals surface area contributed by atoms with E-state index in [0.29, 0.717) is 18.1 Å². The Bertz CT molecular complexity index is 223. The molecule has 0 aromatic rings. The Morgan fingerprint density at radius 3 is 2.63 bits per heavy atom. The summed E-state index contributed by atoms with van der Waals surface area (Å²) in [4.78, 5) is 2.46. The third-order valence-corrected chi connectivity index (χ3v) is 3.72. The lowest BCUT2D eigenvalue weighted by atomic mass is 10.1. The van der Waals surface area contributed by atoms with Crippen LogP contribution in [0.25, 0.3) is 0 Å². The van der Waals surface area contributed by atoms with Crippen molar-refractivity contribution in [3.63, 3.8) is 0 Å². The van der Waals surface area contributed by atoms with E-state index in [9.17, 15) is 0 Å². The Labute approximate surface area is 117 Å². The maximum atomic E-state index is 5.52. The second kappa shape index (κ2) is 9.66. The van der Waals surface area contributed by atoms with Crippen LogP contribution in [-0.2, 0) is 14.2 Å². The summed E-state index contributed by atoms with van der Waals surface area (Å²) in [5, 5.41) is 3.52. The van der Waals surface area contributed by atoms with E-state index in [2.05, 4.69) is 24.1 Å². The topological polar surface area (TPSA) is 43.0 Å². The molecule has 19 heavy (non-hydrogen) atoms. The molecule has 1 aliphatic heterocycles. The molecule has 5 nitrogen and oxygen atoms in total. The van der Waals surface area contributed by atoms with E-state index < -0.39 is 0 Å². The van der Waals surface area contributed by atoms with Crippen molar-refractivity contribution in [2.24, 2.45) is 0 Å². The zero-order chi connectivity index (χ0) is 14.1. The van der Waals surface area contributed by atoms with Crippen LogP contribution < -0.4 is 5.32 Å². The fourth-order valence-corrected chi connectivity index (χ4v) is 2.73. The number of ether oxygens (including phenoxy) is 3. The van der Waals surface area contributed by atoms with Gasteiger partial charge in [-0.25, -0.2) is 0 Å². The van der Waals surface area contributed by atoms with Gasteiger partial charge in [0.2, 0.25) is 0 Å². The van der Waals surface area contributed by atoms with Crippen LogP contribution >= 0.6 is 0 Å². The molecule has 1 saturated heterocycles. The van der Waals surface area contributed by atoms with Crippen molar-refractivity contribution in [2.75, 3.05) is 53.7 Å². The lowest BCUT2D eigenvalue weighted by molar-refractivity contribution is 0.0296. The predicted octanol–water partition coefficient (Wildman–Crippen LogP) is 0.737. The molecule has 114 valence electrons. The van der Waals surface area contributed by atoms with Crippen LogP contribution in [0.3, 0.4) is 0 Å². The van der Waals surface area contributed by atoms with Crippen molar-refractivity contribution in [3.8, 4) is 0 Å². The molecule has 0 aromatic carbocycles. The Morgan fingerprint density at radius 2 is 2.05 bits per heavy atom. The fourth-order valence-electron chi connectivity index (χ4n) is 2.73. The summed E-state index contributed by atoms with van der Waals surface area (Å²) in [6.45, 7) is 9.55. The summed E-state index contributed by atoms with van der Waals surface area (Å²) in [5.74, 6) is 0.